The zero-order valence-electron chi connectivity index (χ0n) is 15.3. The van der Waals surface area contributed by atoms with E-state index in [9.17, 15) is 4.79 Å². The maximum absolute atomic E-state index is 12.4. The third kappa shape index (κ3) is 4.46. The van der Waals surface area contributed by atoms with Gasteiger partial charge in [0.05, 0.1) is 0 Å². The summed E-state index contributed by atoms with van der Waals surface area (Å²) in [6.45, 7) is 4.11. The van der Waals surface area contributed by atoms with E-state index >= 15 is 0 Å². The summed E-state index contributed by atoms with van der Waals surface area (Å²) in [6, 6.07) is 17.9. The summed E-state index contributed by atoms with van der Waals surface area (Å²) in [5.74, 6) is -0.162. The summed E-state index contributed by atoms with van der Waals surface area (Å²) in [5, 5.41) is 6.30. The summed E-state index contributed by atoms with van der Waals surface area (Å²) in [6.07, 6.45) is 0. The molecule has 0 saturated carbocycles. The Morgan fingerprint density at radius 1 is 1.04 bits per heavy atom. The molecule has 3 aromatic rings. The minimum atomic E-state index is -0.162. The largest absolute Gasteiger partial charge is 0.368 e. The molecule has 4 rings (SSSR count). The number of nitrogens with zero attached hydrogens (tertiary/aromatic N) is 3. The first-order valence-electron chi connectivity index (χ1n) is 9.22. The highest BCUT2D eigenvalue weighted by Crippen LogP contribution is 2.24. The van der Waals surface area contributed by atoms with Crippen LogP contribution in [0.15, 0.2) is 60.0 Å². The van der Waals surface area contributed by atoms with Crippen LogP contribution in [0.3, 0.4) is 0 Å². The number of halogens is 1. The highest BCUT2D eigenvalue weighted by Gasteiger charge is 2.21. The molecule has 0 atom stereocenters. The van der Waals surface area contributed by atoms with Crippen LogP contribution >= 0.6 is 22.9 Å². The fourth-order valence-corrected chi connectivity index (χ4v) is 4.30. The number of aromatic nitrogens is 1. The lowest BCUT2D eigenvalue weighted by Gasteiger charge is -2.35. The molecule has 0 bridgehead atoms. The van der Waals surface area contributed by atoms with E-state index < -0.39 is 0 Å². The van der Waals surface area contributed by atoms with Gasteiger partial charge in [0.1, 0.15) is 5.69 Å². The van der Waals surface area contributed by atoms with Gasteiger partial charge in [0.25, 0.3) is 5.91 Å². The van der Waals surface area contributed by atoms with E-state index in [1.807, 2.05) is 35.7 Å². The Morgan fingerprint density at radius 2 is 1.79 bits per heavy atom. The van der Waals surface area contributed by atoms with Crippen molar-refractivity contribution in [2.45, 2.75) is 6.54 Å². The molecule has 1 aromatic heterocycles. The van der Waals surface area contributed by atoms with Crippen LogP contribution in [0.5, 0.6) is 0 Å². The van der Waals surface area contributed by atoms with Crippen molar-refractivity contribution in [3.63, 3.8) is 0 Å². The standard InChI is InChI=1S/C21H21ClN4OS/c22-17-6-4-5-16(13-17)14-23-20(27)19-15-28-21(24-19)26-11-9-25(10-12-26)18-7-2-1-3-8-18/h1-8,13,15H,9-12,14H2,(H,23,27). The summed E-state index contributed by atoms with van der Waals surface area (Å²) in [7, 11) is 0. The van der Waals surface area contributed by atoms with Crippen molar-refractivity contribution in [2.75, 3.05) is 36.0 Å². The van der Waals surface area contributed by atoms with Crippen molar-refractivity contribution in [2.24, 2.45) is 0 Å². The molecule has 7 heteroatoms. The number of piperazine rings is 1. The number of hydrogen-bond acceptors (Lipinski definition) is 5. The molecule has 1 N–H and O–H groups in total. The van der Waals surface area contributed by atoms with Crippen molar-refractivity contribution >= 4 is 39.7 Å². The third-order valence-corrected chi connectivity index (χ3v) is 5.87. The van der Waals surface area contributed by atoms with Gasteiger partial charge in [-0.1, -0.05) is 41.9 Å². The van der Waals surface area contributed by atoms with Crippen LogP contribution < -0.4 is 15.1 Å². The van der Waals surface area contributed by atoms with Gasteiger partial charge >= 0.3 is 0 Å². The lowest BCUT2D eigenvalue weighted by Crippen LogP contribution is -2.46. The number of anilines is 2. The number of carbonyl (C=O) groups is 1. The quantitative estimate of drug-likeness (QED) is 0.686. The number of rotatable bonds is 5. The van der Waals surface area contributed by atoms with Crippen LogP contribution in [0.1, 0.15) is 16.1 Å². The predicted octanol–water partition coefficient (Wildman–Crippen LogP) is 4.05. The van der Waals surface area contributed by atoms with E-state index in [0.717, 1.165) is 36.9 Å². The molecular weight excluding hydrogens is 392 g/mol. The zero-order chi connectivity index (χ0) is 19.3. The maximum Gasteiger partial charge on any atom is 0.271 e. The fourth-order valence-electron chi connectivity index (χ4n) is 3.23. The van der Waals surface area contributed by atoms with Gasteiger partial charge in [0.15, 0.2) is 5.13 Å². The highest BCUT2D eigenvalue weighted by molar-refractivity contribution is 7.13. The molecule has 28 heavy (non-hydrogen) atoms. The minimum Gasteiger partial charge on any atom is -0.368 e. The molecule has 1 amide bonds. The van der Waals surface area contributed by atoms with Gasteiger partial charge in [0, 0.05) is 48.8 Å². The molecule has 144 valence electrons. The molecule has 0 radical (unpaired) electrons. The molecule has 0 unspecified atom stereocenters. The topological polar surface area (TPSA) is 48.5 Å². The average molecular weight is 413 g/mol. The maximum atomic E-state index is 12.4. The third-order valence-electron chi connectivity index (χ3n) is 4.74. The Bertz CT molecular complexity index is 938. The molecule has 0 aliphatic carbocycles. The number of thiazole rings is 1. The van der Waals surface area contributed by atoms with Gasteiger partial charge in [-0.3, -0.25) is 4.79 Å². The van der Waals surface area contributed by atoms with Crippen LogP contribution in [-0.2, 0) is 6.54 Å². The van der Waals surface area contributed by atoms with Gasteiger partial charge in [-0.05, 0) is 29.8 Å². The Kier molecular flexibility index (Phi) is 5.78. The lowest BCUT2D eigenvalue weighted by atomic mass is 10.2. The van der Waals surface area contributed by atoms with Gasteiger partial charge < -0.3 is 15.1 Å². The summed E-state index contributed by atoms with van der Waals surface area (Å²) >= 11 is 7.50. The molecule has 2 heterocycles. The molecular formula is C21H21ClN4OS. The van der Waals surface area contributed by atoms with Crippen molar-refractivity contribution in [3.8, 4) is 0 Å². The second kappa shape index (κ2) is 8.63. The van der Waals surface area contributed by atoms with Gasteiger partial charge in [-0.15, -0.1) is 11.3 Å². The first-order valence-corrected chi connectivity index (χ1v) is 10.5. The van der Waals surface area contributed by atoms with E-state index in [2.05, 4.69) is 44.4 Å². The second-order valence-electron chi connectivity index (χ2n) is 6.64. The number of amides is 1. The summed E-state index contributed by atoms with van der Waals surface area (Å²) in [4.78, 5) is 21.6. The van der Waals surface area contributed by atoms with Crippen LogP contribution in [0, 0.1) is 0 Å². The van der Waals surface area contributed by atoms with Gasteiger partial charge in [0.2, 0.25) is 0 Å². The van der Waals surface area contributed by atoms with Crippen LogP contribution in [-0.4, -0.2) is 37.1 Å². The lowest BCUT2D eigenvalue weighted by molar-refractivity contribution is 0.0946. The fraction of sp³-hybridized carbons (Fsp3) is 0.238. The van der Waals surface area contributed by atoms with E-state index in [1.165, 1.54) is 17.0 Å². The predicted molar refractivity (Wildman–Crippen MR) is 116 cm³/mol. The zero-order valence-corrected chi connectivity index (χ0v) is 16.9. The van der Waals surface area contributed by atoms with Crippen LogP contribution in [0.4, 0.5) is 10.8 Å². The summed E-state index contributed by atoms with van der Waals surface area (Å²) < 4.78 is 0. The Hall–Kier alpha value is -2.57. The average Bonchev–Trinajstić information content (AvgIpc) is 3.23. The van der Waals surface area contributed by atoms with E-state index in [-0.39, 0.29) is 5.91 Å². The molecule has 1 fully saturated rings. The van der Waals surface area contributed by atoms with E-state index in [4.69, 9.17) is 11.6 Å². The number of para-hydroxylation sites is 1. The first kappa shape index (κ1) is 18.8. The first-order chi connectivity index (χ1) is 13.7. The van der Waals surface area contributed by atoms with Gasteiger partial charge in [-0.25, -0.2) is 4.98 Å². The second-order valence-corrected chi connectivity index (χ2v) is 7.91. The molecule has 2 aromatic carbocycles. The molecule has 1 aliphatic rings. The number of hydrogen-bond donors (Lipinski definition) is 1. The Balaban J connectivity index is 1.32. The number of nitrogens with one attached hydrogen (secondary N) is 1. The normalized spacial score (nSPS) is 14.2. The summed E-state index contributed by atoms with van der Waals surface area (Å²) in [5.41, 5.74) is 2.68. The minimum absolute atomic E-state index is 0.162. The van der Waals surface area contributed by atoms with Gasteiger partial charge in [-0.2, -0.15) is 0 Å². The molecule has 1 saturated heterocycles. The molecule has 1 aliphatic heterocycles. The molecule has 0 spiro atoms. The Labute approximate surface area is 173 Å². The van der Waals surface area contributed by atoms with Crippen LogP contribution in [0.25, 0.3) is 0 Å². The molecule has 5 nitrogen and oxygen atoms in total. The Morgan fingerprint density at radius 3 is 2.54 bits per heavy atom. The van der Waals surface area contributed by atoms with E-state index in [1.54, 1.807) is 0 Å². The number of benzene rings is 2. The number of carbonyl (C=O) groups excluding carboxylic acids is 1. The van der Waals surface area contributed by atoms with Crippen molar-refractivity contribution in [1.29, 1.82) is 0 Å². The van der Waals surface area contributed by atoms with Crippen LogP contribution in [0.2, 0.25) is 5.02 Å². The SMILES string of the molecule is O=C(NCc1cccc(Cl)c1)c1csc(N2CCN(c3ccccc3)CC2)n1. The van der Waals surface area contributed by atoms with Crippen molar-refractivity contribution in [1.82, 2.24) is 10.3 Å². The monoisotopic (exact) mass is 412 g/mol. The smallest absolute Gasteiger partial charge is 0.271 e. The highest BCUT2D eigenvalue weighted by atomic mass is 35.5. The van der Waals surface area contributed by atoms with Crippen molar-refractivity contribution in [3.05, 3.63) is 76.3 Å². The van der Waals surface area contributed by atoms with E-state index in [0.29, 0.717) is 17.3 Å². The van der Waals surface area contributed by atoms with Crippen molar-refractivity contribution < 1.29 is 4.79 Å².